The monoisotopic (exact) mass is 783 g/mol. The molecule has 8 atom stereocenters. The average molecular weight is 785 g/mol. The third kappa shape index (κ3) is 6.65. The van der Waals surface area contributed by atoms with Crippen molar-refractivity contribution in [3.8, 4) is 0 Å². The first kappa shape index (κ1) is 37.2. The van der Waals surface area contributed by atoms with Gasteiger partial charge in [-0.05, 0) is 42.5 Å². The Kier molecular flexibility index (Phi) is 11.1. The summed E-state index contributed by atoms with van der Waals surface area (Å²) in [5.41, 5.74) is 0.240. The van der Waals surface area contributed by atoms with Crippen molar-refractivity contribution in [1.82, 2.24) is 10.2 Å². The smallest absolute Gasteiger partial charge is 0.313 e. The number of allylic oxidation sites excluding steroid dienone is 1. The second-order valence-electron chi connectivity index (χ2n) is 13.8. The van der Waals surface area contributed by atoms with Crippen LogP contribution in [0.1, 0.15) is 43.9 Å². The van der Waals surface area contributed by atoms with Gasteiger partial charge in [0.05, 0.1) is 41.9 Å². The summed E-state index contributed by atoms with van der Waals surface area (Å²) in [6.45, 7) is 5.26. The number of hydrogen-bond donors (Lipinski definition) is 2. The van der Waals surface area contributed by atoms with E-state index in [1.807, 2.05) is 39.0 Å². The largest absolute Gasteiger partial charge is 0.455 e. The van der Waals surface area contributed by atoms with Crippen LogP contribution >= 0.6 is 27.5 Å². The number of benzene rings is 2. The predicted octanol–water partition coefficient (Wildman–Crippen LogP) is 4.64. The summed E-state index contributed by atoms with van der Waals surface area (Å²) in [5.74, 6) is -4.54. The van der Waals surface area contributed by atoms with Gasteiger partial charge in [-0.1, -0.05) is 96.0 Å². The summed E-state index contributed by atoms with van der Waals surface area (Å²) >= 11 is 10.4. The lowest BCUT2D eigenvalue weighted by Gasteiger charge is -2.40. The van der Waals surface area contributed by atoms with Gasteiger partial charge in [-0.3, -0.25) is 19.2 Å². The van der Waals surface area contributed by atoms with Gasteiger partial charge in [0.25, 0.3) is 5.91 Å². The number of rotatable bonds is 7. The Bertz CT molecular complexity index is 1720. The van der Waals surface area contributed by atoms with Crippen molar-refractivity contribution in [2.24, 2.45) is 17.8 Å². The minimum absolute atomic E-state index is 0.0397. The number of likely N-dealkylation sites (tertiary alicyclic amines) is 1. The SMILES string of the molecule is COC[C@H]1NC(=O)CC/C=C\CN(c2c(C)cccc2Cl)C(=O)[C@@H]2N([C@@H](CO)C(C)C)C(=O)[C@H]3[C@H](C(=O)O[C@@H]1c1ccccc1)[C@H]1O[C@@]23C=C1Br. The number of nitrogens with zero attached hydrogens (tertiary/aromatic N) is 2. The molecule has 0 radical (unpaired) electrons. The molecule has 2 aromatic carbocycles. The molecule has 1 spiro atoms. The molecule has 2 saturated heterocycles. The normalized spacial score (nSPS) is 31.0. The molecule has 3 amide bonds. The highest BCUT2D eigenvalue weighted by atomic mass is 79.9. The van der Waals surface area contributed by atoms with Crippen LogP contribution < -0.4 is 10.2 Å². The molecule has 0 unspecified atom stereocenters. The maximum Gasteiger partial charge on any atom is 0.313 e. The fraction of sp³-hybridized carbons (Fsp3) is 0.474. The van der Waals surface area contributed by atoms with Gasteiger partial charge >= 0.3 is 5.97 Å². The number of aliphatic hydroxyl groups is 1. The molecule has 272 valence electrons. The Balaban J connectivity index is 1.53. The van der Waals surface area contributed by atoms with E-state index in [-0.39, 0.29) is 31.4 Å². The maximum atomic E-state index is 15.3. The number of hydrogen-bond acceptors (Lipinski definition) is 8. The summed E-state index contributed by atoms with van der Waals surface area (Å²) in [5, 5.41) is 14.0. The van der Waals surface area contributed by atoms with Crippen LogP contribution in [0.25, 0.3) is 0 Å². The molecule has 0 aromatic heterocycles. The van der Waals surface area contributed by atoms with Crippen molar-refractivity contribution in [3.05, 3.63) is 87.4 Å². The van der Waals surface area contributed by atoms with Crippen molar-refractivity contribution in [2.75, 3.05) is 31.8 Å². The van der Waals surface area contributed by atoms with Crippen LogP contribution in [-0.2, 0) is 33.4 Å². The molecule has 51 heavy (non-hydrogen) atoms. The number of cyclic esters (lactones) is 1. The lowest BCUT2D eigenvalue weighted by molar-refractivity contribution is -0.162. The minimum atomic E-state index is -1.57. The van der Waals surface area contributed by atoms with Crippen molar-refractivity contribution in [3.63, 3.8) is 0 Å². The first-order chi connectivity index (χ1) is 24.4. The van der Waals surface area contributed by atoms with Crippen LogP contribution in [0.4, 0.5) is 5.69 Å². The van der Waals surface area contributed by atoms with Crippen molar-refractivity contribution < 1.29 is 38.5 Å². The summed E-state index contributed by atoms with van der Waals surface area (Å²) in [6, 6.07) is 11.6. The predicted molar refractivity (Wildman–Crippen MR) is 194 cm³/mol. The number of anilines is 1. The zero-order valence-corrected chi connectivity index (χ0v) is 31.3. The van der Waals surface area contributed by atoms with Crippen LogP contribution in [0.2, 0.25) is 5.02 Å². The molecule has 13 heteroatoms. The van der Waals surface area contributed by atoms with Crippen LogP contribution in [0.15, 0.2) is 71.2 Å². The first-order valence-corrected chi connectivity index (χ1v) is 18.4. The van der Waals surface area contributed by atoms with Crippen LogP contribution in [0.3, 0.4) is 0 Å². The van der Waals surface area contributed by atoms with E-state index in [9.17, 15) is 19.5 Å². The number of fused-ring (bicyclic) bond motifs is 2. The Labute approximate surface area is 311 Å². The fourth-order valence-corrected chi connectivity index (χ4v) is 9.05. The molecule has 2 aromatic rings. The minimum Gasteiger partial charge on any atom is -0.455 e. The van der Waals surface area contributed by atoms with E-state index in [1.165, 1.54) is 16.9 Å². The van der Waals surface area contributed by atoms with Gasteiger partial charge < -0.3 is 34.4 Å². The van der Waals surface area contributed by atoms with Crippen LogP contribution in [0.5, 0.6) is 0 Å². The van der Waals surface area contributed by atoms with Gasteiger partial charge in [-0.2, -0.15) is 0 Å². The fourth-order valence-electron chi connectivity index (χ4n) is 7.99. The van der Waals surface area contributed by atoms with E-state index in [1.54, 1.807) is 48.6 Å². The Morgan fingerprint density at radius 3 is 2.47 bits per heavy atom. The first-order valence-electron chi connectivity index (χ1n) is 17.2. The molecule has 5 bridgehead atoms. The highest BCUT2D eigenvalue weighted by Gasteiger charge is 2.75. The molecule has 2 N–H and O–H groups in total. The number of ether oxygens (including phenoxy) is 3. The molecule has 4 aliphatic heterocycles. The molecule has 11 nitrogen and oxygen atoms in total. The molecule has 2 fully saturated rings. The molecule has 4 aliphatic rings. The molecule has 4 heterocycles. The maximum absolute atomic E-state index is 15.3. The van der Waals surface area contributed by atoms with E-state index in [4.69, 9.17) is 25.8 Å². The molecule has 0 saturated carbocycles. The number of aryl methyl sites for hydroxylation is 1. The average Bonchev–Trinajstić information content (AvgIpc) is 3.69. The van der Waals surface area contributed by atoms with E-state index >= 15 is 4.79 Å². The summed E-state index contributed by atoms with van der Waals surface area (Å²) in [6.07, 6.45) is 3.93. The number of methoxy groups -OCH3 is 1. The third-order valence-corrected chi connectivity index (χ3v) is 11.3. The second-order valence-corrected chi connectivity index (χ2v) is 15.2. The van der Waals surface area contributed by atoms with Gasteiger partial charge in [-0.25, -0.2) is 0 Å². The summed E-state index contributed by atoms with van der Waals surface area (Å²) in [4.78, 5) is 60.9. The topological polar surface area (TPSA) is 135 Å². The van der Waals surface area contributed by atoms with Crippen molar-refractivity contribution in [2.45, 2.75) is 69.5 Å². The van der Waals surface area contributed by atoms with E-state index in [0.29, 0.717) is 27.2 Å². The molecular weight excluding hydrogens is 742 g/mol. The number of amides is 3. The second kappa shape index (κ2) is 15.2. The standard InChI is InChI=1S/C38H43BrClN3O8/c1-21(2)27(19-44)43-34-36(47)42(31-22(3)12-11-15-25(31)40)17-10-6-9-16-28(45)41-26(20-49-4)32(23-13-7-5-8-14-23)50-37(48)29-30(35(43)46)38(34)18-24(39)33(29)51-38/h5-8,10-15,18,21,26-27,29-30,32-34,44H,9,16-17,19-20H2,1-4H3,(H,41,45)/b10-6-/t26-,27+,29+,30-,32-,33+,34+,38-/m1/s1. The quantitative estimate of drug-likeness (QED) is 0.307. The van der Waals surface area contributed by atoms with Gasteiger partial charge in [0.15, 0.2) is 0 Å². The number of aliphatic hydroxyl groups excluding tert-OH is 1. The van der Waals surface area contributed by atoms with Crippen LogP contribution in [0, 0.1) is 24.7 Å². The lowest BCUT2D eigenvalue weighted by Crippen LogP contribution is -2.59. The lowest BCUT2D eigenvalue weighted by atomic mass is 9.74. The molecule has 0 aliphatic carbocycles. The van der Waals surface area contributed by atoms with Gasteiger partial charge in [0.2, 0.25) is 11.8 Å². The summed E-state index contributed by atoms with van der Waals surface area (Å²) < 4.78 is 19.0. The summed E-state index contributed by atoms with van der Waals surface area (Å²) in [7, 11) is 1.50. The Morgan fingerprint density at radius 2 is 1.80 bits per heavy atom. The zero-order chi connectivity index (χ0) is 36.6. The van der Waals surface area contributed by atoms with E-state index < -0.39 is 72.2 Å². The number of esters is 1. The molecule has 6 rings (SSSR count). The van der Waals surface area contributed by atoms with Gasteiger partial charge in [0, 0.05) is 24.6 Å². The Morgan fingerprint density at radius 1 is 1.06 bits per heavy atom. The molecular formula is C38H43BrClN3O8. The number of carbonyl (C=O) groups excluding carboxylic acids is 4. The van der Waals surface area contributed by atoms with Crippen molar-refractivity contribution in [1.29, 1.82) is 0 Å². The van der Waals surface area contributed by atoms with E-state index in [2.05, 4.69) is 21.2 Å². The number of carbonyl (C=O) groups is 4. The van der Waals surface area contributed by atoms with Crippen LogP contribution in [-0.4, -0.2) is 90.4 Å². The number of halogens is 2. The Hall–Kier alpha value is -3.55. The number of para-hydroxylation sites is 1. The zero-order valence-electron chi connectivity index (χ0n) is 29.0. The van der Waals surface area contributed by atoms with Gasteiger partial charge in [0.1, 0.15) is 29.8 Å². The number of nitrogens with one attached hydrogen (secondary N) is 1. The van der Waals surface area contributed by atoms with E-state index in [0.717, 1.165) is 5.56 Å². The highest BCUT2D eigenvalue weighted by molar-refractivity contribution is 9.11. The third-order valence-electron chi connectivity index (χ3n) is 10.3. The highest BCUT2D eigenvalue weighted by Crippen LogP contribution is 2.60. The van der Waals surface area contributed by atoms with Crippen molar-refractivity contribution >= 4 is 56.9 Å². The van der Waals surface area contributed by atoms with Gasteiger partial charge in [-0.15, -0.1) is 0 Å².